The third kappa shape index (κ3) is 4.50. The van der Waals surface area contributed by atoms with Crippen molar-refractivity contribution in [2.75, 3.05) is 19.8 Å². The molecule has 5 N–H and O–H groups in total. The van der Waals surface area contributed by atoms with Gasteiger partial charge in [0.15, 0.2) is 17.3 Å². The summed E-state index contributed by atoms with van der Waals surface area (Å²) in [6.45, 7) is 0.307. The number of ether oxygens (including phenoxy) is 4. The molecule has 5 atom stereocenters. The number of phenolic OH excluding ortho intramolecular Hbond substituents is 1. The molecule has 0 saturated carbocycles. The Labute approximate surface area is 183 Å². The van der Waals surface area contributed by atoms with Crippen LogP contribution in [0.2, 0.25) is 0 Å². The molecule has 0 aliphatic carbocycles. The average Bonchev–Trinajstić information content (AvgIpc) is 2.79. The minimum absolute atomic E-state index is 0.0249. The number of carbonyl (C=O) groups is 1. The first-order chi connectivity index (χ1) is 15.4. The van der Waals surface area contributed by atoms with Crippen molar-refractivity contribution in [1.82, 2.24) is 0 Å². The first-order valence-electron chi connectivity index (χ1n) is 10.1. The molecule has 2 aromatic rings. The number of hydrogen-bond donors (Lipinski definition) is 5. The standard InChI is InChI=1S/C22H24O10/c23-10-18-19(26)20(27)21(28)22(32-18)31-12-2-3-13(15(25)9-12)14(24)7-11-1-4-16-17(8-11)30-6-5-29-16/h1-4,8-9,18-23,25-28H,5-7,10H2. The van der Waals surface area contributed by atoms with Crippen LogP contribution < -0.4 is 14.2 Å². The maximum absolute atomic E-state index is 12.7. The average molecular weight is 448 g/mol. The highest BCUT2D eigenvalue weighted by Crippen LogP contribution is 2.32. The van der Waals surface area contributed by atoms with Crippen molar-refractivity contribution < 1.29 is 49.3 Å². The molecule has 0 aromatic heterocycles. The van der Waals surface area contributed by atoms with E-state index in [4.69, 9.17) is 18.9 Å². The highest BCUT2D eigenvalue weighted by molar-refractivity contribution is 6.00. The minimum Gasteiger partial charge on any atom is -0.507 e. The maximum atomic E-state index is 12.7. The Hall–Kier alpha value is -2.89. The number of rotatable bonds is 6. The van der Waals surface area contributed by atoms with E-state index in [1.807, 2.05) is 0 Å². The molecule has 32 heavy (non-hydrogen) atoms. The van der Waals surface area contributed by atoms with Gasteiger partial charge in [0.2, 0.25) is 6.29 Å². The van der Waals surface area contributed by atoms with Crippen LogP contribution in [-0.2, 0) is 11.2 Å². The largest absolute Gasteiger partial charge is 0.507 e. The molecular formula is C22H24O10. The molecule has 0 radical (unpaired) electrons. The lowest BCUT2D eigenvalue weighted by molar-refractivity contribution is -0.277. The molecule has 1 fully saturated rings. The summed E-state index contributed by atoms with van der Waals surface area (Å²) in [7, 11) is 0. The molecule has 0 bridgehead atoms. The number of hydrogen-bond acceptors (Lipinski definition) is 10. The lowest BCUT2D eigenvalue weighted by atomic mass is 9.99. The molecule has 2 aromatic carbocycles. The van der Waals surface area contributed by atoms with Crippen LogP contribution in [0.3, 0.4) is 0 Å². The van der Waals surface area contributed by atoms with Crippen molar-refractivity contribution in [3.8, 4) is 23.0 Å². The van der Waals surface area contributed by atoms with E-state index in [9.17, 15) is 30.3 Å². The fourth-order valence-corrected chi connectivity index (χ4v) is 3.60. The normalized spacial score (nSPS) is 27.1. The van der Waals surface area contributed by atoms with Crippen LogP contribution in [0.15, 0.2) is 36.4 Å². The Balaban J connectivity index is 1.44. The molecule has 10 heteroatoms. The Kier molecular flexibility index (Phi) is 6.49. The van der Waals surface area contributed by atoms with Gasteiger partial charge in [0, 0.05) is 12.5 Å². The van der Waals surface area contributed by atoms with Gasteiger partial charge in [-0.3, -0.25) is 4.79 Å². The van der Waals surface area contributed by atoms with Crippen molar-refractivity contribution in [3.05, 3.63) is 47.5 Å². The van der Waals surface area contributed by atoms with Gasteiger partial charge in [-0.05, 0) is 29.8 Å². The molecule has 172 valence electrons. The van der Waals surface area contributed by atoms with Crippen molar-refractivity contribution in [2.24, 2.45) is 0 Å². The second-order valence-electron chi connectivity index (χ2n) is 7.57. The SMILES string of the molecule is O=C(Cc1ccc2c(c1)OCCO2)c1ccc(OC2OC(CO)C(O)C(O)C2O)cc1O. The van der Waals surface area contributed by atoms with Crippen LogP contribution in [0.25, 0.3) is 0 Å². The number of aromatic hydroxyl groups is 1. The van der Waals surface area contributed by atoms with Gasteiger partial charge in [-0.15, -0.1) is 0 Å². The van der Waals surface area contributed by atoms with Gasteiger partial charge in [0.25, 0.3) is 0 Å². The zero-order chi connectivity index (χ0) is 22.8. The van der Waals surface area contributed by atoms with Gasteiger partial charge >= 0.3 is 0 Å². The van der Waals surface area contributed by atoms with Crippen LogP contribution in [0.1, 0.15) is 15.9 Å². The van der Waals surface area contributed by atoms with Crippen LogP contribution in [-0.4, -0.2) is 81.8 Å². The van der Waals surface area contributed by atoms with E-state index in [0.717, 1.165) is 0 Å². The number of carbonyl (C=O) groups excluding carboxylic acids is 1. The molecule has 0 spiro atoms. The highest BCUT2D eigenvalue weighted by Gasteiger charge is 2.44. The summed E-state index contributed by atoms with van der Waals surface area (Å²) in [5.74, 6) is 0.565. The predicted molar refractivity (Wildman–Crippen MR) is 108 cm³/mol. The lowest BCUT2D eigenvalue weighted by Gasteiger charge is -2.39. The smallest absolute Gasteiger partial charge is 0.229 e. The molecule has 2 aliphatic rings. The highest BCUT2D eigenvalue weighted by atomic mass is 16.7. The fraction of sp³-hybridized carbons (Fsp3) is 0.409. The maximum Gasteiger partial charge on any atom is 0.229 e. The van der Waals surface area contributed by atoms with E-state index in [-0.39, 0.29) is 29.3 Å². The number of aliphatic hydroxyl groups excluding tert-OH is 4. The summed E-state index contributed by atoms with van der Waals surface area (Å²) in [6.07, 6.45) is -7.19. The topological polar surface area (TPSA) is 155 Å². The second-order valence-corrected chi connectivity index (χ2v) is 7.57. The summed E-state index contributed by atoms with van der Waals surface area (Å²) in [6, 6.07) is 9.15. The monoisotopic (exact) mass is 448 g/mol. The van der Waals surface area contributed by atoms with Crippen molar-refractivity contribution in [3.63, 3.8) is 0 Å². The Morgan fingerprint density at radius 2 is 1.72 bits per heavy atom. The zero-order valence-electron chi connectivity index (χ0n) is 17.0. The Morgan fingerprint density at radius 3 is 2.44 bits per heavy atom. The Bertz CT molecular complexity index is 975. The molecule has 10 nitrogen and oxygen atoms in total. The summed E-state index contributed by atoms with van der Waals surface area (Å²) in [5, 5.41) is 49.3. The fourth-order valence-electron chi connectivity index (χ4n) is 3.60. The summed E-state index contributed by atoms with van der Waals surface area (Å²) in [5.41, 5.74) is 0.765. The van der Waals surface area contributed by atoms with E-state index in [0.29, 0.717) is 30.3 Å². The van der Waals surface area contributed by atoms with Crippen molar-refractivity contribution in [1.29, 1.82) is 0 Å². The predicted octanol–water partition coefficient (Wildman–Crippen LogP) is -0.233. The molecule has 0 amide bonds. The molecular weight excluding hydrogens is 424 g/mol. The first kappa shape index (κ1) is 22.3. The lowest BCUT2D eigenvalue weighted by Crippen LogP contribution is -2.60. The van der Waals surface area contributed by atoms with Crippen LogP contribution >= 0.6 is 0 Å². The van der Waals surface area contributed by atoms with Crippen LogP contribution in [0.4, 0.5) is 0 Å². The van der Waals surface area contributed by atoms with Gasteiger partial charge in [0.1, 0.15) is 49.1 Å². The summed E-state index contributed by atoms with van der Waals surface area (Å²) >= 11 is 0. The molecule has 4 rings (SSSR count). The van der Waals surface area contributed by atoms with Gasteiger partial charge in [-0.25, -0.2) is 0 Å². The van der Waals surface area contributed by atoms with Gasteiger partial charge < -0.3 is 44.5 Å². The number of fused-ring (bicyclic) bond motifs is 1. The van der Waals surface area contributed by atoms with Crippen LogP contribution in [0, 0.1) is 0 Å². The number of ketones is 1. The van der Waals surface area contributed by atoms with Gasteiger partial charge in [-0.1, -0.05) is 6.07 Å². The van der Waals surface area contributed by atoms with E-state index in [1.165, 1.54) is 18.2 Å². The zero-order valence-corrected chi connectivity index (χ0v) is 17.0. The molecule has 1 saturated heterocycles. The molecule has 5 unspecified atom stereocenters. The number of phenols is 1. The van der Waals surface area contributed by atoms with Crippen molar-refractivity contribution >= 4 is 5.78 Å². The summed E-state index contributed by atoms with van der Waals surface area (Å²) < 4.78 is 21.7. The van der Waals surface area contributed by atoms with E-state index in [1.54, 1.807) is 18.2 Å². The van der Waals surface area contributed by atoms with Crippen LogP contribution in [0.5, 0.6) is 23.0 Å². The Morgan fingerprint density at radius 1 is 0.969 bits per heavy atom. The van der Waals surface area contributed by atoms with Gasteiger partial charge in [0.05, 0.1) is 12.2 Å². The van der Waals surface area contributed by atoms with E-state index >= 15 is 0 Å². The first-order valence-corrected chi connectivity index (χ1v) is 10.1. The third-order valence-corrected chi connectivity index (χ3v) is 5.34. The number of aliphatic hydroxyl groups is 4. The van der Waals surface area contributed by atoms with E-state index < -0.39 is 37.3 Å². The number of Topliss-reactive ketones (excluding diaryl/α,β-unsaturated/α-hetero) is 1. The van der Waals surface area contributed by atoms with Crippen molar-refractivity contribution in [2.45, 2.75) is 37.1 Å². The third-order valence-electron chi connectivity index (χ3n) is 5.34. The number of benzene rings is 2. The second kappa shape index (κ2) is 9.31. The molecule has 2 aliphatic heterocycles. The summed E-state index contributed by atoms with van der Waals surface area (Å²) in [4.78, 5) is 12.7. The van der Waals surface area contributed by atoms with Gasteiger partial charge in [-0.2, -0.15) is 0 Å². The molecule has 2 heterocycles. The van der Waals surface area contributed by atoms with E-state index in [2.05, 4.69) is 0 Å². The minimum atomic E-state index is -1.59. The quantitative estimate of drug-likeness (QED) is 0.374.